The zero-order valence-electron chi connectivity index (χ0n) is 12.0. The van der Waals surface area contributed by atoms with Crippen LogP contribution in [0.3, 0.4) is 0 Å². The van der Waals surface area contributed by atoms with Gasteiger partial charge in [0.25, 0.3) is 5.69 Å². The molecule has 2 heterocycles. The lowest BCUT2D eigenvalue weighted by atomic mass is 10.0. The molecule has 9 heteroatoms. The van der Waals surface area contributed by atoms with Crippen molar-refractivity contribution in [1.82, 2.24) is 9.55 Å². The molecular weight excluding hydrogens is 326 g/mol. The molecule has 0 spiro atoms. The van der Waals surface area contributed by atoms with Crippen molar-refractivity contribution in [3.8, 4) is 0 Å². The van der Waals surface area contributed by atoms with Crippen LogP contribution in [-0.4, -0.2) is 38.9 Å². The van der Waals surface area contributed by atoms with Crippen molar-refractivity contribution in [3.63, 3.8) is 0 Å². The number of hydrogen-bond acceptors (Lipinski definition) is 6. The van der Waals surface area contributed by atoms with Crippen molar-refractivity contribution in [3.05, 3.63) is 57.6 Å². The number of nitrogens with zero attached hydrogens (tertiary/aromatic N) is 3. The summed E-state index contributed by atoms with van der Waals surface area (Å²) in [6, 6.07) is 4.11. The van der Waals surface area contributed by atoms with Gasteiger partial charge < -0.3 is 19.1 Å². The van der Waals surface area contributed by atoms with Crippen LogP contribution in [0.25, 0.3) is 0 Å². The fourth-order valence-electron chi connectivity index (χ4n) is 2.51. The minimum absolute atomic E-state index is 0.117. The predicted octanol–water partition coefficient (Wildman–Crippen LogP) is 1.71. The van der Waals surface area contributed by atoms with Crippen LogP contribution in [0, 0.1) is 10.1 Å². The van der Waals surface area contributed by atoms with E-state index in [-0.39, 0.29) is 30.5 Å². The lowest BCUT2D eigenvalue weighted by molar-refractivity contribution is -0.384. The predicted molar refractivity (Wildman–Crippen MR) is 79.9 cm³/mol. The maximum Gasteiger partial charge on any atom is 0.270 e. The Bertz CT molecular complexity index is 708. The SMILES string of the molecule is O=[N+]([O-])c1ccc([C@]2(Cn3ccnc3)OC[C@@H](CO)O2)c(Cl)c1. The molecule has 23 heavy (non-hydrogen) atoms. The number of aromatic nitrogens is 2. The summed E-state index contributed by atoms with van der Waals surface area (Å²) in [5.41, 5.74) is 0.350. The third-order valence-corrected chi connectivity index (χ3v) is 3.90. The first-order valence-electron chi connectivity index (χ1n) is 6.87. The van der Waals surface area contributed by atoms with Crippen LogP contribution in [0.2, 0.25) is 5.02 Å². The van der Waals surface area contributed by atoms with E-state index in [0.29, 0.717) is 5.56 Å². The monoisotopic (exact) mass is 339 g/mol. The standard InChI is InChI=1S/C14H14ClN3O5/c15-13-5-10(18(20)21)1-2-12(13)14(8-17-4-3-16-9-17)22-7-11(6-19)23-14/h1-5,9,11,19H,6-8H2/t11-,14-/m1/s1. The number of imidazole rings is 1. The first-order valence-corrected chi connectivity index (χ1v) is 7.24. The van der Waals surface area contributed by atoms with Crippen molar-refractivity contribution in [2.45, 2.75) is 18.4 Å². The summed E-state index contributed by atoms with van der Waals surface area (Å²) in [5, 5.41) is 20.3. The molecule has 1 aliphatic heterocycles. The van der Waals surface area contributed by atoms with Crippen molar-refractivity contribution >= 4 is 17.3 Å². The van der Waals surface area contributed by atoms with E-state index >= 15 is 0 Å². The third kappa shape index (κ3) is 3.06. The molecule has 1 saturated heterocycles. The smallest absolute Gasteiger partial charge is 0.270 e. The normalized spacial score (nSPS) is 24.0. The van der Waals surface area contributed by atoms with Gasteiger partial charge in [0.1, 0.15) is 6.10 Å². The molecular formula is C14H14ClN3O5. The number of rotatable bonds is 5. The van der Waals surface area contributed by atoms with Crippen LogP contribution in [0.15, 0.2) is 36.9 Å². The minimum atomic E-state index is -1.24. The summed E-state index contributed by atoms with van der Waals surface area (Å²) in [4.78, 5) is 14.3. The summed E-state index contributed by atoms with van der Waals surface area (Å²) >= 11 is 6.22. The number of halogens is 1. The molecule has 122 valence electrons. The zero-order valence-corrected chi connectivity index (χ0v) is 12.7. The minimum Gasteiger partial charge on any atom is -0.394 e. The highest BCUT2D eigenvalue weighted by atomic mass is 35.5. The maximum absolute atomic E-state index is 10.9. The summed E-state index contributed by atoms with van der Waals surface area (Å²) in [7, 11) is 0. The quantitative estimate of drug-likeness (QED) is 0.657. The number of ether oxygens (including phenoxy) is 2. The van der Waals surface area contributed by atoms with E-state index in [0.717, 1.165) is 0 Å². The van der Waals surface area contributed by atoms with Gasteiger partial charge in [-0.15, -0.1) is 0 Å². The third-order valence-electron chi connectivity index (χ3n) is 3.59. The van der Waals surface area contributed by atoms with Crippen molar-refractivity contribution in [1.29, 1.82) is 0 Å². The first kappa shape index (κ1) is 15.9. The second-order valence-electron chi connectivity index (χ2n) is 5.14. The molecule has 1 fully saturated rings. The van der Waals surface area contributed by atoms with Gasteiger partial charge in [0.15, 0.2) is 0 Å². The summed E-state index contributed by atoms with van der Waals surface area (Å²) < 4.78 is 13.4. The second-order valence-corrected chi connectivity index (χ2v) is 5.55. The van der Waals surface area contributed by atoms with Crippen LogP contribution in [0.4, 0.5) is 5.69 Å². The van der Waals surface area contributed by atoms with Gasteiger partial charge >= 0.3 is 0 Å². The summed E-state index contributed by atoms with van der Waals surface area (Å²) in [6.07, 6.45) is 4.45. The molecule has 1 aliphatic rings. The van der Waals surface area contributed by atoms with Crippen molar-refractivity contribution in [2.75, 3.05) is 13.2 Å². The maximum atomic E-state index is 10.9. The first-order chi connectivity index (χ1) is 11.0. The van der Waals surface area contributed by atoms with E-state index in [9.17, 15) is 15.2 Å². The molecule has 0 amide bonds. The fraction of sp³-hybridized carbons (Fsp3) is 0.357. The Hall–Kier alpha value is -2.00. The molecule has 1 aromatic heterocycles. The fourth-order valence-corrected chi connectivity index (χ4v) is 2.83. The van der Waals surface area contributed by atoms with Gasteiger partial charge in [-0.25, -0.2) is 4.98 Å². The average Bonchev–Trinajstić information content (AvgIpc) is 3.17. The van der Waals surface area contributed by atoms with Crippen molar-refractivity contribution < 1.29 is 19.5 Å². The second kappa shape index (κ2) is 6.25. The molecule has 2 atom stereocenters. The summed E-state index contributed by atoms with van der Waals surface area (Å²) in [5.74, 6) is -1.24. The van der Waals surface area contributed by atoms with Gasteiger partial charge in [-0.1, -0.05) is 11.6 Å². The Morgan fingerprint density at radius 3 is 2.96 bits per heavy atom. The molecule has 8 nitrogen and oxygen atoms in total. The van der Waals surface area contributed by atoms with E-state index in [1.807, 2.05) is 0 Å². The number of aliphatic hydroxyl groups is 1. The Balaban J connectivity index is 2.00. The van der Waals surface area contributed by atoms with Crippen LogP contribution >= 0.6 is 11.6 Å². The Morgan fingerprint density at radius 1 is 1.57 bits per heavy atom. The molecule has 1 N–H and O–H groups in total. The average molecular weight is 340 g/mol. The Morgan fingerprint density at radius 2 is 2.39 bits per heavy atom. The number of nitro groups is 1. The largest absolute Gasteiger partial charge is 0.394 e. The van der Waals surface area contributed by atoms with Gasteiger partial charge in [0, 0.05) is 30.1 Å². The molecule has 1 aromatic carbocycles. The number of hydrogen-bond donors (Lipinski definition) is 1. The van der Waals surface area contributed by atoms with E-state index < -0.39 is 16.8 Å². The van der Waals surface area contributed by atoms with Gasteiger partial charge in [-0.05, 0) is 6.07 Å². The highest BCUT2D eigenvalue weighted by Gasteiger charge is 2.45. The van der Waals surface area contributed by atoms with Gasteiger partial charge in [0.2, 0.25) is 5.79 Å². The van der Waals surface area contributed by atoms with Crippen molar-refractivity contribution in [2.24, 2.45) is 0 Å². The van der Waals surface area contributed by atoms with E-state index in [1.54, 1.807) is 23.3 Å². The van der Waals surface area contributed by atoms with E-state index in [1.165, 1.54) is 18.2 Å². The number of benzene rings is 1. The number of aliphatic hydroxyl groups excluding tert-OH is 1. The van der Waals surface area contributed by atoms with Crippen LogP contribution in [0.1, 0.15) is 5.56 Å². The molecule has 0 radical (unpaired) electrons. The molecule has 0 bridgehead atoms. The van der Waals surface area contributed by atoms with Gasteiger partial charge in [0.05, 0.1) is 36.0 Å². The lowest BCUT2D eigenvalue weighted by Crippen LogP contribution is -2.34. The highest BCUT2D eigenvalue weighted by molar-refractivity contribution is 6.31. The van der Waals surface area contributed by atoms with E-state index in [2.05, 4.69) is 4.98 Å². The Kier molecular flexibility index (Phi) is 4.31. The van der Waals surface area contributed by atoms with Crippen LogP contribution in [-0.2, 0) is 21.8 Å². The van der Waals surface area contributed by atoms with Gasteiger partial charge in [-0.2, -0.15) is 0 Å². The molecule has 0 aliphatic carbocycles. The lowest BCUT2D eigenvalue weighted by Gasteiger charge is -2.29. The molecule has 0 unspecified atom stereocenters. The number of non-ortho nitro benzene ring substituents is 1. The number of nitro benzene ring substituents is 1. The molecule has 0 saturated carbocycles. The molecule has 2 aromatic rings. The highest BCUT2D eigenvalue weighted by Crippen LogP contribution is 2.40. The van der Waals surface area contributed by atoms with Crippen LogP contribution in [0.5, 0.6) is 0 Å². The molecule has 3 rings (SSSR count). The van der Waals surface area contributed by atoms with Crippen LogP contribution < -0.4 is 0 Å². The van der Waals surface area contributed by atoms with Gasteiger partial charge in [-0.3, -0.25) is 10.1 Å². The summed E-state index contributed by atoms with van der Waals surface area (Å²) in [6.45, 7) is 0.246. The topological polar surface area (TPSA) is 99.7 Å². The Labute approximate surface area is 136 Å². The zero-order chi connectivity index (χ0) is 16.4. The van der Waals surface area contributed by atoms with E-state index in [4.69, 9.17) is 21.1 Å².